The maximum atomic E-state index is 12.2. The number of carbonyl (C=O) groups excluding carboxylic acids is 1. The first-order chi connectivity index (χ1) is 13.7. The molecule has 1 aromatic heterocycles. The fourth-order valence-corrected chi connectivity index (χ4v) is 3.76. The van der Waals surface area contributed by atoms with Gasteiger partial charge in [0.1, 0.15) is 5.01 Å². The van der Waals surface area contributed by atoms with Crippen molar-refractivity contribution in [1.82, 2.24) is 10.3 Å². The number of nitrogens with zero attached hydrogens (tertiary/aromatic N) is 1. The first kappa shape index (κ1) is 18.4. The van der Waals surface area contributed by atoms with E-state index < -0.39 is 0 Å². The van der Waals surface area contributed by atoms with Crippen molar-refractivity contribution in [3.63, 3.8) is 0 Å². The van der Waals surface area contributed by atoms with Crippen molar-refractivity contribution in [2.24, 2.45) is 0 Å². The Morgan fingerprint density at radius 2 is 1.61 bits per heavy atom. The maximum absolute atomic E-state index is 12.2. The maximum Gasteiger partial charge on any atom is 0.251 e. The molecule has 0 bridgehead atoms. The van der Waals surface area contributed by atoms with Gasteiger partial charge >= 0.3 is 0 Å². The highest BCUT2D eigenvalue weighted by atomic mass is 35.5. The predicted octanol–water partition coefficient (Wildman–Crippen LogP) is 6.06. The summed E-state index contributed by atoms with van der Waals surface area (Å²) in [5, 5.41) is 6.60. The smallest absolute Gasteiger partial charge is 0.251 e. The zero-order valence-electron chi connectivity index (χ0n) is 14.9. The van der Waals surface area contributed by atoms with E-state index in [1.807, 2.05) is 42.5 Å². The van der Waals surface area contributed by atoms with Crippen molar-refractivity contribution in [1.29, 1.82) is 0 Å². The van der Waals surface area contributed by atoms with Crippen molar-refractivity contribution >= 4 is 28.8 Å². The zero-order chi connectivity index (χ0) is 19.3. The van der Waals surface area contributed by atoms with Gasteiger partial charge < -0.3 is 5.32 Å². The second kappa shape index (κ2) is 8.38. The summed E-state index contributed by atoms with van der Waals surface area (Å²) < 4.78 is 0. The number of aromatic nitrogens is 1. The molecule has 3 nitrogen and oxygen atoms in total. The molecule has 0 spiro atoms. The lowest BCUT2D eigenvalue weighted by Gasteiger charge is -2.06. The normalized spacial score (nSPS) is 10.6. The summed E-state index contributed by atoms with van der Waals surface area (Å²) >= 11 is 7.48. The Labute approximate surface area is 172 Å². The molecule has 4 rings (SSSR count). The monoisotopic (exact) mass is 404 g/mol. The molecule has 0 fully saturated rings. The van der Waals surface area contributed by atoms with Crippen LogP contribution in [0.5, 0.6) is 0 Å². The minimum atomic E-state index is -0.117. The molecule has 1 amide bonds. The number of carbonyl (C=O) groups is 1. The summed E-state index contributed by atoms with van der Waals surface area (Å²) in [5.41, 5.74) is 4.80. The molecule has 0 aliphatic carbocycles. The topological polar surface area (TPSA) is 42.0 Å². The third-order valence-electron chi connectivity index (χ3n) is 4.33. The quantitative estimate of drug-likeness (QED) is 0.439. The second-order valence-corrected chi connectivity index (χ2v) is 7.58. The van der Waals surface area contributed by atoms with Crippen molar-refractivity contribution in [3.05, 3.63) is 100 Å². The molecule has 138 valence electrons. The molecule has 3 aromatic carbocycles. The summed E-state index contributed by atoms with van der Waals surface area (Å²) in [6.07, 6.45) is 0. The number of hydrogen-bond acceptors (Lipinski definition) is 3. The molecule has 0 atom stereocenters. The highest BCUT2D eigenvalue weighted by Crippen LogP contribution is 2.28. The van der Waals surface area contributed by atoms with Gasteiger partial charge in [0.2, 0.25) is 0 Å². The van der Waals surface area contributed by atoms with E-state index in [0.717, 1.165) is 27.4 Å². The van der Waals surface area contributed by atoms with E-state index in [2.05, 4.69) is 22.8 Å². The van der Waals surface area contributed by atoms with Gasteiger partial charge in [0.15, 0.2) is 0 Å². The molecule has 5 heteroatoms. The molecule has 0 radical (unpaired) electrons. The van der Waals surface area contributed by atoms with Gasteiger partial charge in [0.05, 0.1) is 5.69 Å². The Kier molecular flexibility index (Phi) is 5.51. The van der Waals surface area contributed by atoms with Crippen LogP contribution < -0.4 is 5.32 Å². The highest BCUT2D eigenvalue weighted by Gasteiger charge is 2.08. The van der Waals surface area contributed by atoms with Crippen molar-refractivity contribution in [3.8, 4) is 21.8 Å². The van der Waals surface area contributed by atoms with Gasteiger partial charge in [-0.3, -0.25) is 4.79 Å². The summed E-state index contributed by atoms with van der Waals surface area (Å²) in [6, 6.07) is 25.1. The molecule has 1 heterocycles. The number of hydrogen-bond donors (Lipinski definition) is 1. The molecule has 0 saturated carbocycles. The van der Waals surface area contributed by atoms with E-state index >= 15 is 0 Å². The molecule has 4 aromatic rings. The molecule has 0 saturated heterocycles. The van der Waals surface area contributed by atoms with Crippen LogP contribution >= 0.6 is 22.9 Å². The largest absolute Gasteiger partial charge is 0.348 e. The molecule has 0 aliphatic rings. The third kappa shape index (κ3) is 4.30. The summed E-state index contributed by atoms with van der Waals surface area (Å²) in [5.74, 6) is -0.117. The average molecular weight is 405 g/mol. The lowest BCUT2D eigenvalue weighted by molar-refractivity contribution is 0.0951. The van der Waals surface area contributed by atoms with Gasteiger partial charge in [0.25, 0.3) is 5.91 Å². The summed E-state index contributed by atoms with van der Waals surface area (Å²) in [6.45, 7) is 0.467. The van der Waals surface area contributed by atoms with Crippen molar-refractivity contribution in [2.45, 2.75) is 6.54 Å². The van der Waals surface area contributed by atoms with Crippen LogP contribution in [0.4, 0.5) is 0 Å². The first-order valence-electron chi connectivity index (χ1n) is 8.83. The number of halogens is 1. The van der Waals surface area contributed by atoms with Crippen molar-refractivity contribution < 1.29 is 4.79 Å². The summed E-state index contributed by atoms with van der Waals surface area (Å²) in [4.78, 5) is 16.9. The Morgan fingerprint density at radius 1 is 0.893 bits per heavy atom. The van der Waals surface area contributed by atoms with Gasteiger partial charge in [-0.25, -0.2) is 4.98 Å². The van der Waals surface area contributed by atoms with Crippen LogP contribution in [0.3, 0.4) is 0 Å². The van der Waals surface area contributed by atoms with Gasteiger partial charge in [-0.05, 0) is 29.8 Å². The minimum absolute atomic E-state index is 0.117. The number of benzene rings is 3. The van der Waals surface area contributed by atoms with Crippen LogP contribution in [0.2, 0.25) is 5.02 Å². The Balaban J connectivity index is 1.41. The van der Waals surface area contributed by atoms with Crippen LogP contribution in [0.1, 0.15) is 15.9 Å². The Morgan fingerprint density at radius 3 is 2.32 bits per heavy atom. The average Bonchev–Trinajstić information content (AvgIpc) is 3.24. The van der Waals surface area contributed by atoms with Crippen LogP contribution in [0.15, 0.2) is 84.2 Å². The van der Waals surface area contributed by atoms with E-state index in [9.17, 15) is 4.79 Å². The minimum Gasteiger partial charge on any atom is -0.348 e. The number of rotatable bonds is 5. The van der Waals surface area contributed by atoms with Crippen LogP contribution in [0, 0.1) is 0 Å². The van der Waals surface area contributed by atoms with Crippen LogP contribution in [-0.4, -0.2) is 10.9 Å². The van der Waals surface area contributed by atoms with Gasteiger partial charge in [-0.2, -0.15) is 0 Å². The highest BCUT2D eigenvalue weighted by molar-refractivity contribution is 7.13. The van der Waals surface area contributed by atoms with Gasteiger partial charge in [-0.1, -0.05) is 66.2 Å². The van der Waals surface area contributed by atoms with Gasteiger partial charge in [-0.15, -0.1) is 11.3 Å². The van der Waals surface area contributed by atoms with E-state index in [4.69, 9.17) is 16.6 Å². The lowest BCUT2D eigenvalue weighted by atomic mass is 10.1. The third-order valence-corrected chi connectivity index (χ3v) is 5.48. The van der Waals surface area contributed by atoms with Crippen molar-refractivity contribution in [2.75, 3.05) is 0 Å². The van der Waals surface area contributed by atoms with E-state index in [1.54, 1.807) is 35.6 Å². The molecule has 28 heavy (non-hydrogen) atoms. The summed E-state index contributed by atoms with van der Waals surface area (Å²) in [7, 11) is 0. The molecule has 0 aliphatic heterocycles. The van der Waals surface area contributed by atoms with Crippen LogP contribution in [0.25, 0.3) is 21.8 Å². The molecular formula is C23H17ClN2OS. The fourth-order valence-electron chi connectivity index (χ4n) is 2.80. The fraction of sp³-hybridized carbons (Fsp3) is 0.0435. The Bertz CT molecular complexity index is 1070. The molecule has 1 N–H and O–H groups in total. The van der Waals surface area contributed by atoms with Gasteiger partial charge in [0, 0.05) is 33.6 Å². The first-order valence-corrected chi connectivity index (χ1v) is 10.1. The molecule has 0 unspecified atom stereocenters. The Hall–Kier alpha value is -2.95. The number of nitrogens with one attached hydrogen (secondary N) is 1. The zero-order valence-corrected chi connectivity index (χ0v) is 16.5. The molecular weight excluding hydrogens is 388 g/mol. The van der Waals surface area contributed by atoms with Crippen LogP contribution in [-0.2, 0) is 6.54 Å². The number of thiazole rings is 1. The van der Waals surface area contributed by atoms with E-state index in [-0.39, 0.29) is 5.91 Å². The predicted molar refractivity (Wildman–Crippen MR) is 116 cm³/mol. The second-order valence-electron chi connectivity index (χ2n) is 6.29. The van der Waals surface area contributed by atoms with E-state index in [0.29, 0.717) is 17.1 Å². The van der Waals surface area contributed by atoms with E-state index in [1.165, 1.54) is 0 Å². The SMILES string of the molecule is O=C(NCc1ccc(-c2nc(-c3ccccc3)cs2)cc1)c1ccc(Cl)cc1. The lowest BCUT2D eigenvalue weighted by Crippen LogP contribution is -2.22. The number of amides is 1. The standard InChI is InChI=1S/C23H17ClN2OS/c24-20-12-10-18(11-13-20)22(27)25-14-16-6-8-19(9-7-16)23-26-21(15-28-23)17-4-2-1-3-5-17/h1-13,15H,14H2,(H,25,27).